The summed E-state index contributed by atoms with van der Waals surface area (Å²) in [5.41, 5.74) is 2.52. The number of benzene rings is 1. The van der Waals surface area contributed by atoms with Crippen LogP contribution in [0.25, 0.3) is 10.9 Å². The maximum absolute atomic E-state index is 12.5. The van der Waals surface area contributed by atoms with Gasteiger partial charge in [0.1, 0.15) is 11.4 Å². The fourth-order valence-corrected chi connectivity index (χ4v) is 2.90. The van der Waals surface area contributed by atoms with Crippen LogP contribution in [-0.2, 0) is 4.74 Å². The Bertz CT molecular complexity index is 672. The Labute approximate surface area is 130 Å². The molecule has 2 N–H and O–H groups in total. The highest BCUT2D eigenvalue weighted by Gasteiger charge is 2.20. The zero-order chi connectivity index (χ0) is 15.5. The zero-order valence-corrected chi connectivity index (χ0v) is 13.1. The third kappa shape index (κ3) is 2.95. The van der Waals surface area contributed by atoms with Gasteiger partial charge < -0.3 is 19.8 Å². The number of carbonyl (C=O) groups excluding carboxylic acids is 1. The third-order valence-electron chi connectivity index (χ3n) is 4.06. The number of amides is 1. The molecular formula is C17H22N2O3. The summed E-state index contributed by atoms with van der Waals surface area (Å²) in [5.74, 6) is 0.756. The monoisotopic (exact) mass is 302 g/mol. The lowest BCUT2D eigenvalue weighted by Gasteiger charge is -2.22. The molecule has 0 unspecified atom stereocenters. The Kier molecular flexibility index (Phi) is 4.34. The molecule has 0 saturated carbocycles. The molecule has 3 rings (SSSR count). The van der Waals surface area contributed by atoms with E-state index in [9.17, 15) is 4.79 Å². The van der Waals surface area contributed by atoms with E-state index in [1.54, 1.807) is 0 Å². The first-order valence-electron chi connectivity index (χ1n) is 7.82. The summed E-state index contributed by atoms with van der Waals surface area (Å²) in [6, 6.07) is 5.95. The van der Waals surface area contributed by atoms with Crippen molar-refractivity contribution in [3.8, 4) is 5.75 Å². The minimum atomic E-state index is -0.0674. The first kappa shape index (κ1) is 14.9. The van der Waals surface area contributed by atoms with E-state index in [4.69, 9.17) is 9.47 Å². The van der Waals surface area contributed by atoms with Crippen molar-refractivity contribution >= 4 is 16.8 Å². The number of hydrogen-bond donors (Lipinski definition) is 2. The van der Waals surface area contributed by atoms with Gasteiger partial charge in [0, 0.05) is 17.5 Å². The van der Waals surface area contributed by atoms with Crippen LogP contribution in [0.5, 0.6) is 5.75 Å². The van der Waals surface area contributed by atoms with Crippen LogP contribution in [0, 0.1) is 6.92 Å². The zero-order valence-electron chi connectivity index (χ0n) is 13.1. The molecule has 1 aliphatic heterocycles. The van der Waals surface area contributed by atoms with Crippen molar-refractivity contribution in [2.75, 3.05) is 19.8 Å². The average molecular weight is 302 g/mol. The molecule has 0 bridgehead atoms. The second kappa shape index (κ2) is 6.40. The Morgan fingerprint density at radius 1 is 1.50 bits per heavy atom. The molecule has 1 atom stereocenters. The number of H-pyrrole nitrogens is 1. The van der Waals surface area contributed by atoms with Gasteiger partial charge in [-0.15, -0.1) is 0 Å². The second-order valence-electron chi connectivity index (χ2n) is 5.65. The van der Waals surface area contributed by atoms with Crippen molar-refractivity contribution in [3.63, 3.8) is 0 Å². The summed E-state index contributed by atoms with van der Waals surface area (Å²) in [4.78, 5) is 15.7. The molecule has 1 aromatic carbocycles. The first-order valence-corrected chi connectivity index (χ1v) is 7.82. The minimum Gasteiger partial charge on any atom is -0.494 e. The number of aryl methyl sites for hydroxylation is 1. The number of carbonyl (C=O) groups is 1. The Balaban J connectivity index is 1.83. The fraction of sp³-hybridized carbons (Fsp3) is 0.471. The lowest BCUT2D eigenvalue weighted by molar-refractivity contribution is 0.0622. The molecule has 22 heavy (non-hydrogen) atoms. The van der Waals surface area contributed by atoms with Gasteiger partial charge in [-0.2, -0.15) is 0 Å². The Hall–Kier alpha value is -2.01. The molecule has 0 spiro atoms. The highest BCUT2D eigenvalue weighted by Crippen LogP contribution is 2.26. The van der Waals surface area contributed by atoms with Crippen LogP contribution in [0.3, 0.4) is 0 Å². The summed E-state index contributed by atoms with van der Waals surface area (Å²) < 4.78 is 10.9. The van der Waals surface area contributed by atoms with E-state index in [-0.39, 0.29) is 11.9 Å². The van der Waals surface area contributed by atoms with Crippen molar-refractivity contribution in [1.29, 1.82) is 0 Å². The highest BCUT2D eigenvalue weighted by atomic mass is 16.5. The van der Waals surface area contributed by atoms with Crippen LogP contribution < -0.4 is 10.1 Å². The van der Waals surface area contributed by atoms with Gasteiger partial charge in [0.25, 0.3) is 5.91 Å². The summed E-state index contributed by atoms with van der Waals surface area (Å²) >= 11 is 0. The summed E-state index contributed by atoms with van der Waals surface area (Å²) in [6.07, 6.45) is 1.97. The van der Waals surface area contributed by atoms with Gasteiger partial charge in [-0.05, 0) is 50.5 Å². The lowest BCUT2D eigenvalue weighted by Crippen LogP contribution is -2.40. The van der Waals surface area contributed by atoms with Crippen LogP contribution >= 0.6 is 0 Å². The standard InChI is InChI=1S/C17H22N2O3/c1-3-22-13-6-7-15-14(9-13)11(2)16(19-15)17(20)18-12-5-4-8-21-10-12/h6-7,9,12,19H,3-5,8,10H2,1-2H3,(H,18,20)/t12-/m1/s1. The molecule has 2 aromatic rings. The molecule has 1 fully saturated rings. The van der Waals surface area contributed by atoms with Gasteiger partial charge in [-0.25, -0.2) is 0 Å². The number of nitrogens with one attached hydrogen (secondary N) is 2. The van der Waals surface area contributed by atoms with Gasteiger partial charge in [0.2, 0.25) is 0 Å². The summed E-state index contributed by atoms with van der Waals surface area (Å²) in [5, 5.41) is 4.07. The third-order valence-corrected chi connectivity index (χ3v) is 4.06. The van der Waals surface area contributed by atoms with E-state index in [0.29, 0.717) is 18.9 Å². The van der Waals surface area contributed by atoms with Crippen LogP contribution in [0.2, 0.25) is 0 Å². The van der Waals surface area contributed by atoms with Crippen molar-refractivity contribution in [2.45, 2.75) is 32.7 Å². The van der Waals surface area contributed by atoms with E-state index >= 15 is 0 Å². The number of ether oxygens (including phenoxy) is 2. The number of fused-ring (bicyclic) bond motifs is 1. The van der Waals surface area contributed by atoms with E-state index in [0.717, 1.165) is 41.7 Å². The lowest BCUT2D eigenvalue weighted by atomic mass is 10.1. The quantitative estimate of drug-likeness (QED) is 0.913. The van der Waals surface area contributed by atoms with Crippen LogP contribution in [-0.4, -0.2) is 36.8 Å². The van der Waals surface area contributed by atoms with E-state index < -0.39 is 0 Å². The van der Waals surface area contributed by atoms with Gasteiger partial charge in [-0.3, -0.25) is 4.79 Å². The van der Waals surface area contributed by atoms with Gasteiger partial charge >= 0.3 is 0 Å². The van der Waals surface area contributed by atoms with Gasteiger partial charge in [0.05, 0.1) is 19.3 Å². The molecule has 1 aromatic heterocycles. The number of hydrogen-bond acceptors (Lipinski definition) is 3. The van der Waals surface area contributed by atoms with Crippen LogP contribution in [0.1, 0.15) is 35.8 Å². The topological polar surface area (TPSA) is 63.4 Å². The molecule has 0 aliphatic carbocycles. The SMILES string of the molecule is CCOc1ccc2[nH]c(C(=O)N[C@@H]3CCCOC3)c(C)c2c1. The minimum absolute atomic E-state index is 0.0674. The van der Waals surface area contributed by atoms with E-state index in [2.05, 4.69) is 10.3 Å². The Morgan fingerprint density at radius 3 is 3.09 bits per heavy atom. The predicted molar refractivity (Wildman–Crippen MR) is 85.5 cm³/mol. The Morgan fingerprint density at radius 2 is 2.36 bits per heavy atom. The predicted octanol–water partition coefficient (Wildman–Crippen LogP) is 2.78. The molecule has 1 amide bonds. The molecule has 1 saturated heterocycles. The average Bonchev–Trinajstić information content (AvgIpc) is 2.86. The number of aromatic amines is 1. The van der Waals surface area contributed by atoms with Crippen molar-refractivity contribution < 1.29 is 14.3 Å². The van der Waals surface area contributed by atoms with Gasteiger partial charge in [-0.1, -0.05) is 0 Å². The summed E-state index contributed by atoms with van der Waals surface area (Å²) in [7, 11) is 0. The second-order valence-corrected chi connectivity index (χ2v) is 5.65. The largest absolute Gasteiger partial charge is 0.494 e. The fourth-order valence-electron chi connectivity index (χ4n) is 2.90. The molecular weight excluding hydrogens is 280 g/mol. The van der Waals surface area contributed by atoms with Gasteiger partial charge in [0.15, 0.2) is 0 Å². The number of aromatic nitrogens is 1. The van der Waals surface area contributed by atoms with Crippen LogP contribution in [0.4, 0.5) is 0 Å². The number of rotatable bonds is 4. The molecule has 0 radical (unpaired) electrons. The first-order chi connectivity index (χ1) is 10.7. The van der Waals surface area contributed by atoms with E-state index in [1.165, 1.54) is 0 Å². The molecule has 5 nitrogen and oxygen atoms in total. The molecule has 1 aliphatic rings. The van der Waals surface area contributed by atoms with Crippen molar-refractivity contribution in [1.82, 2.24) is 10.3 Å². The van der Waals surface area contributed by atoms with Crippen molar-refractivity contribution in [3.05, 3.63) is 29.5 Å². The smallest absolute Gasteiger partial charge is 0.268 e. The molecule has 118 valence electrons. The summed E-state index contributed by atoms with van der Waals surface area (Å²) in [6.45, 7) is 5.93. The van der Waals surface area contributed by atoms with Crippen LogP contribution in [0.15, 0.2) is 18.2 Å². The van der Waals surface area contributed by atoms with E-state index in [1.807, 2.05) is 32.0 Å². The molecule has 2 heterocycles. The highest BCUT2D eigenvalue weighted by molar-refractivity contribution is 6.01. The maximum atomic E-state index is 12.5. The maximum Gasteiger partial charge on any atom is 0.268 e. The van der Waals surface area contributed by atoms with Crippen molar-refractivity contribution in [2.24, 2.45) is 0 Å². The normalized spacial score (nSPS) is 18.4. The molecule has 5 heteroatoms.